The molecule has 1 N–H and O–H groups in total. The third-order valence-electron chi connectivity index (χ3n) is 4.56. The van der Waals surface area contributed by atoms with E-state index in [9.17, 15) is 9.18 Å². The predicted molar refractivity (Wildman–Crippen MR) is 89.6 cm³/mol. The summed E-state index contributed by atoms with van der Waals surface area (Å²) in [7, 11) is 3.34. The van der Waals surface area contributed by atoms with Crippen LogP contribution < -0.4 is 10.1 Å². The zero-order valence-corrected chi connectivity index (χ0v) is 14.6. The summed E-state index contributed by atoms with van der Waals surface area (Å²) in [5.74, 6) is 0.765. The summed E-state index contributed by atoms with van der Waals surface area (Å²) < 4.78 is 21.2. The first-order chi connectivity index (χ1) is 12.0. The normalized spacial score (nSPS) is 18.2. The minimum atomic E-state index is -0.524. The first-order valence-electron chi connectivity index (χ1n) is 8.26. The van der Waals surface area contributed by atoms with E-state index >= 15 is 0 Å². The van der Waals surface area contributed by atoms with Gasteiger partial charge in [0.05, 0.1) is 24.8 Å². The van der Waals surface area contributed by atoms with E-state index in [1.807, 2.05) is 11.6 Å². The van der Waals surface area contributed by atoms with Crippen molar-refractivity contribution in [3.63, 3.8) is 0 Å². The number of nitrogens with one attached hydrogen (secondary N) is 1. The van der Waals surface area contributed by atoms with E-state index < -0.39 is 11.9 Å². The first kappa shape index (κ1) is 17.2. The van der Waals surface area contributed by atoms with Crippen LogP contribution in [-0.4, -0.2) is 39.4 Å². The molecule has 0 unspecified atom stereocenters. The molecule has 2 aromatic rings. The fourth-order valence-electron chi connectivity index (χ4n) is 3.33. The molecule has 1 saturated heterocycles. The Kier molecular flexibility index (Phi) is 4.87. The van der Waals surface area contributed by atoms with Crippen molar-refractivity contribution in [2.24, 2.45) is 7.05 Å². The Morgan fingerprint density at radius 3 is 2.96 bits per heavy atom. The lowest BCUT2D eigenvalue weighted by molar-refractivity contribution is 0.186. The summed E-state index contributed by atoms with van der Waals surface area (Å²) >= 11 is 0. The smallest absolute Gasteiger partial charge is 0.318 e. The van der Waals surface area contributed by atoms with E-state index in [-0.39, 0.29) is 12.1 Å². The predicted octanol–water partition coefficient (Wildman–Crippen LogP) is 2.57. The van der Waals surface area contributed by atoms with E-state index in [0.29, 0.717) is 17.9 Å². The second-order valence-electron chi connectivity index (χ2n) is 6.18. The molecule has 1 fully saturated rings. The minimum Gasteiger partial charge on any atom is -0.496 e. The summed E-state index contributed by atoms with van der Waals surface area (Å²) in [4.78, 5) is 14.5. The molecule has 25 heavy (non-hydrogen) atoms. The van der Waals surface area contributed by atoms with Gasteiger partial charge in [0, 0.05) is 13.6 Å². The van der Waals surface area contributed by atoms with Crippen molar-refractivity contribution in [2.45, 2.75) is 31.8 Å². The number of hydrogen-bond donors (Lipinski definition) is 1. The number of ether oxygens (including phenoxy) is 1. The molecule has 134 valence electrons. The Hall–Kier alpha value is -2.64. The van der Waals surface area contributed by atoms with Crippen LogP contribution in [0.2, 0.25) is 0 Å². The van der Waals surface area contributed by atoms with E-state index in [1.165, 1.54) is 13.2 Å². The number of likely N-dealkylation sites (tertiary alicyclic amines) is 1. The average Bonchev–Trinajstić information content (AvgIpc) is 3.22. The number of halogens is 1. The van der Waals surface area contributed by atoms with Crippen LogP contribution in [0.15, 0.2) is 24.5 Å². The SMILES string of the molecule is COc1cccc(F)c1[C@@H](C)NC(=O)N1CCC[C@@H]1c1nncn1C. The maximum atomic E-state index is 14.2. The van der Waals surface area contributed by atoms with Gasteiger partial charge in [0.1, 0.15) is 17.9 Å². The standard InChI is InChI=1S/C17H22FN5O2/c1-11(15-12(18)6-4-8-14(15)25-3)20-17(24)23-9-5-7-13(23)16-21-19-10-22(16)2/h4,6,8,10-11,13H,5,7,9H2,1-3H3,(H,20,24)/t11-,13-/m1/s1. The number of nitrogens with zero attached hydrogens (tertiary/aromatic N) is 4. The molecule has 7 nitrogen and oxygen atoms in total. The Morgan fingerprint density at radius 2 is 2.28 bits per heavy atom. The van der Waals surface area contributed by atoms with Crippen LogP contribution >= 0.6 is 0 Å². The number of carbonyl (C=O) groups excluding carboxylic acids is 1. The highest BCUT2D eigenvalue weighted by Crippen LogP contribution is 2.32. The minimum absolute atomic E-state index is 0.123. The van der Waals surface area contributed by atoms with Crippen molar-refractivity contribution in [1.29, 1.82) is 0 Å². The van der Waals surface area contributed by atoms with Crippen LogP contribution in [0.1, 0.15) is 43.2 Å². The highest BCUT2D eigenvalue weighted by Gasteiger charge is 2.34. The Morgan fingerprint density at radius 1 is 1.48 bits per heavy atom. The molecule has 2 heterocycles. The molecule has 2 amide bonds. The Bertz CT molecular complexity index is 763. The monoisotopic (exact) mass is 347 g/mol. The molecule has 0 aliphatic carbocycles. The number of aryl methyl sites for hydroxylation is 1. The molecule has 0 spiro atoms. The van der Waals surface area contributed by atoms with Gasteiger partial charge in [-0.2, -0.15) is 0 Å². The van der Waals surface area contributed by atoms with E-state index in [4.69, 9.17) is 4.74 Å². The van der Waals surface area contributed by atoms with Crippen LogP contribution in [0, 0.1) is 5.82 Å². The van der Waals surface area contributed by atoms with Crippen LogP contribution in [0.5, 0.6) is 5.75 Å². The van der Waals surface area contributed by atoms with E-state index in [0.717, 1.165) is 18.7 Å². The number of methoxy groups -OCH3 is 1. The van der Waals surface area contributed by atoms with Gasteiger partial charge in [-0.05, 0) is 31.9 Å². The molecular formula is C17H22FN5O2. The zero-order chi connectivity index (χ0) is 18.0. The summed E-state index contributed by atoms with van der Waals surface area (Å²) in [5, 5.41) is 10.9. The summed E-state index contributed by atoms with van der Waals surface area (Å²) in [5.41, 5.74) is 0.341. The van der Waals surface area contributed by atoms with Crippen molar-refractivity contribution in [3.05, 3.63) is 41.7 Å². The van der Waals surface area contributed by atoms with Crippen molar-refractivity contribution in [1.82, 2.24) is 25.0 Å². The van der Waals surface area contributed by atoms with Crippen molar-refractivity contribution in [3.8, 4) is 5.75 Å². The van der Waals surface area contributed by atoms with Gasteiger partial charge in [-0.1, -0.05) is 6.07 Å². The summed E-state index contributed by atoms with van der Waals surface area (Å²) in [6.45, 7) is 2.37. The largest absolute Gasteiger partial charge is 0.496 e. The highest BCUT2D eigenvalue weighted by molar-refractivity contribution is 5.75. The number of urea groups is 1. The molecule has 2 atom stereocenters. The molecule has 1 aliphatic heterocycles. The van der Waals surface area contributed by atoms with Crippen LogP contribution in [-0.2, 0) is 7.05 Å². The van der Waals surface area contributed by atoms with Gasteiger partial charge in [0.2, 0.25) is 0 Å². The molecule has 0 radical (unpaired) electrons. The lowest BCUT2D eigenvalue weighted by Gasteiger charge is -2.26. The molecule has 0 saturated carbocycles. The molecule has 3 rings (SSSR count). The van der Waals surface area contributed by atoms with Crippen molar-refractivity contribution < 1.29 is 13.9 Å². The summed E-state index contributed by atoms with van der Waals surface area (Å²) in [6.07, 6.45) is 3.34. The summed E-state index contributed by atoms with van der Waals surface area (Å²) in [6, 6.07) is 3.73. The van der Waals surface area contributed by atoms with Gasteiger partial charge in [-0.25, -0.2) is 9.18 Å². The van der Waals surface area contributed by atoms with Crippen LogP contribution in [0.4, 0.5) is 9.18 Å². The van der Waals surface area contributed by atoms with Crippen LogP contribution in [0.3, 0.4) is 0 Å². The maximum absolute atomic E-state index is 14.2. The topological polar surface area (TPSA) is 72.3 Å². The number of amides is 2. The first-order valence-corrected chi connectivity index (χ1v) is 8.26. The molecule has 0 bridgehead atoms. The van der Waals surface area contributed by atoms with Crippen molar-refractivity contribution >= 4 is 6.03 Å². The maximum Gasteiger partial charge on any atom is 0.318 e. The second kappa shape index (κ2) is 7.08. The third kappa shape index (κ3) is 3.29. The lowest BCUT2D eigenvalue weighted by atomic mass is 10.1. The van der Waals surface area contributed by atoms with Gasteiger partial charge in [-0.3, -0.25) is 0 Å². The number of rotatable bonds is 4. The number of aromatic nitrogens is 3. The molecular weight excluding hydrogens is 325 g/mol. The molecule has 1 aromatic carbocycles. The van der Waals surface area contributed by atoms with E-state index in [1.54, 1.807) is 30.3 Å². The highest BCUT2D eigenvalue weighted by atomic mass is 19.1. The van der Waals surface area contributed by atoms with Crippen LogP contribution in [0.25, 0.3) is 0 Å². The number of benzene rings is 1. The average molecular weight is 347 g/mol. The van der Waals surface area contributed by atoms with Gasteiger partial charge in [0.15, 0.2) is 5.82 Å². The van der Waals surface area contributed by atoms with E-state index in [2.05, 4.69) is 15.5 Å². The number of hydrogen-bond acceptors (Lipinski definition) is 4. The Labute approximate surface area is 145 Å². The molecule has 1 aliphatic rings. The number of carbonyl (C=O) groups is 1. The van der Waals surface area contributed by atoms with Gasteiger partial charge in [-0.15, -0.1) is 10.2 Å². The molecule has 1 aromatic heterocycles. The Balaban J connectivity index is 1.77. The van der Waals surface area contributed by atoms with Gasteiger partial charge < -0.3 is 19.5 Å². The van der Waals surface area contributed by atoms with Gasteiger partial charge in [0.25, 0.3) is 0 Å². The van der Waals surface area contributed by atoms with Crippen molar-refractivity contribution in [2.75, 3.05) is 13.7 Å². The fraction of sp³-hybridized carbons (Fsp3) is 0.471. The lowest BCUT2D eigenvalue weighted by Crippen LogP contribution is -2.41. The fourth-order valence-corrected chi connectivity index (χ4v) is 3.33. The second-order valence-corrected chi connectivity index (χ2v) is 6.18. The zero-order valence-electron chi connectivity index (χ0n) is 14.6. The van der Waals surface area contributed by atoms with Gasteiger partial charge >= 0.3 is 6.03 Å². The molecule has 8 heteroatoms. The third-order valence-corrected chi connectivity index (χ3v) is 4.56. The quantitative estimate of drug-likeness (QED) is 0.923.